The van der Waals surface area contributed by atoms with Crippen LogP contribution in [-0.4, -0.2) is 59.2 Å². The normalized spacial score (nSPS) is 18.5. The van der Waals surface area contributed by atoms with Crippen LogP contribution in [0.15, 0.2) is 24.5 Å². The second-order valence-corrected chi connectivity index (χ2v) is 9.70. The maximum absolute atomic E-state index is 5.65. The molecule has 3 aromatic heterocycles. The minimum atomic E-state index is 0.0834. The van der Waals surface area contributed by atoms with Crippen LogP contribution in [0.1, 0.15) is 36.1 Å². The standard InChI is InChI=1S/C23H29N5OS/c1-28(2)23(9-12-29-13-10-23)15-25-21-19-17-7-3-4-8-18(17)30-22(19)27-20(26-21)16-6-5-11-24-14-16/h5-6,11,14H,3-4,7-10,12-13,15H2,1-2H3,(H,25,26,27). The molecule has 1 fully saturated rings. The van der Waals surface area contributed by atoms with Crippen LogP contribution in [0.4, 0.5) is 5.82 Å². The number of nitrogens with one attached hydrogen (secondary N) is 1. The summed E-state index contributed by atoms with van der Waals surface area (Å²) in [6, 6.07) is 3.98. The van der Waals surface area contributed by atoms with Crippen molar-refractivity contribution in [2.24, 2.45) is 0 Å². The van der Waals surface area contributed by atoms with Gasteiger partial charge in [-0.1, -0.05) is 0 Å². The van der Waals surface area contributed by atoms with Crippen molar-refractivity contribution in [2.45, 2.75) is 44.1 Å². The van der Waals surface area contributed by atoms with E-state index in [0.29, 0.717) is 0 Å². The highest BCUT2D eigenvalue weighted by Crippen LogP contribution is 2.40. The SMILES string of the molecule is CN(C)C1(CNc2nc(-c3cccnc3)nc3sc4c(c23)CCCC4)CCOCC1. The number of hydrogen-bond acceptors (Lipinski definition) is 7. The average Bonchev–Trinajstić information content (AvgIpc) is 3.17. The number of pyridine rings is 1. The zero-order chi connectivity index (χ0) is 20.6. The molecular weight excluding hydrogens is 394 g/mol. The molecule has 0 saturated carbocycles. The Balaban J connectivity index is 1.57. The molecule has 7 heteroatoms. The largest absolute Gasteiger partial charge is 0.381 e. The second kappa shape index (κ2) is 8.21. The van der Waals surface area contributed by atoms with Gasteiger partial charge in [0.15, 0.2) is 5.82 Å². The van der Waals surface area contributed by atoms with E-state index in [4.69, 9.17) is 14.7 Å². The molecule has 0 radical (unpaired) electrons. The number of hydrogen-bond donors (Lipinski definition) is 1. The Hall–Kier alpha value is -2.09. The van der Waals surface area contributed by atoms with Gasteiger partial charge in [0.1, 0.15) is 10.6 Å². The van der Waals surface area contributed by atoms with Crippen LogP contribution >= 0.6 is 11.3 Å². The van der Waals surface area contributed by atoms with Gasteiger partial charge in [0.05, 0.1) is 5.39 Å². The predicted octanol–water partition coefficient (Wildman–Crippen LogP) is 4.15. The molecule has 1 N–H and O–H groups in total. The molecule has 0 atom stereocenters. The summed E-state index contributed by atoms with van der Waals surface area (Å²) in [5.74, 6) is 1.73. The fourth-order valence-corrected chi connectivity index (χ4v) is 5.95. The highest BCUT2D eigenvalue weighted by molar-refractivity contribution is 7.19. The Morgan fingerprint density at radius 1 is 1.17 bits per heavy atom. The Kier molecular flexibility index (Phi) is 5.43. The molecule has 30 heavy (non-hydrogen) atoms. The molecule has 0 unspecified atom stereocenters. The number of rotatable bonds is 5. The summed E-state index contributed by atoms with van der Waals surface area (Å²) < 4.78 is 5.65. The molecule has 158 valence electrons. The van der Waals surface area contributed by atoms with Crippen LogP contribution < -0.4 is 5.32 Å². The number of ether oxygens (including phenoxy) is 1. The smallest absolute Gasteiger partial charge is 0.164 e. The lowest BCUT2D eigenvalue weighted by Crippen LogP contribution is -2.53. The Morgan fingerprint density at radius 2 is 2.00 bits per heavy atom. The zero-order valence-corrected chi connectivity index (χ0v) is 18.6. The number of fused-ring (bicyclic) bond motifs is 3. The van der Waals surface area contributed by atoms with Gasteiger partial charge in [-0.3, -0.25) is 4.98 Å². The van der Waals surface area contributed by atoms with Gasteiger partial charge < -0.3 is 15.0 Å². The van der Waals surface area contributed by atoms with Crippen LogP contribution in [-0.2, 0) is 17.6 Å². The van der Waals surface area contributed by atoms with E-state index in [1.54, 1.807) is 6.20 Å². The molecule has 6 nitrogen and oxygen atoms in total. The van der Waals surface area contributed by atoms with E-state index in [1.165, 1.54) is 28.7 Å². The summed E-state index contributed by atoms with van der Waals surface area (Å²) in [5.41, 5.74) is 2.51. The maximum atomic E-state index is 5.65. The van der Waals surface area contributed by atoms with Crippen LogP contribution in [0, 0.1) is 0 Å². The Bertz CT molecular complexity index is 1030. The average molecular weight is 424 g/mol. The molecule has 4 heterocycles. The van der Waals surface area contributed by atoms with Gasteiger partial charge in [-0.15, -0.1) is 11.3 Å². The molecule has 0 spiro atoms. The lowest BCUT2D eigenvalue weighted by molar-refractivity contribution is -0.000650. The van der Waals surface area contributed by atoms with Crippen molar-refractivity contribution < 1.29 is 4.74 Å². The van der Waals surface area contributed by atoms with E-state index in [1.807, 2.05) is 29.7 Å². The van der Waals surface area contributed by atoms with Crippen molar-refractivity contribution in [2.75, 3.05) is 39.2 Å². The van der Waals surface area contributed by atoms with E-state index in [2.05, 4.69) is 29.3 Å². The van der Waals surface area contributed by atoms with Gasteiger partial charge in [-0.2, -0.15) is 0 Å². The van der Waals surface area contributed by atoms with E-state index in [-0.39, 0.29) is 5.54 Å². The van der Waals surface area contributed by atoms with E-state index in [9.17, 15) is 0 Å². The number of anilines is 1. The first-order valence-corrected chi connectivity index (χ1v) is 11.7. The first-order valence-electron chi connectivity index (χ1n) is 10.9. The third-order valence-electron chi connectivity index (χ3n) is 6.69. The third kappa shape index (κ3) is 3.59. The Labute approximate surface area is 181 Å². The van der Waals surface area contributed by atoms with E-state index in [0.717, 1.165) is 67.5 Å². The van der Waals surface area contributed by atoms with Crippen LogP contribution in [0.5, 0.6) is 0 Å². The highest BCUT2D eigenvalue weighted by atomic mass is 32.1. The minimum Gasteiger partial charge on any atom is -0.381 e. The highest BCUT2D eigenvalue weighted by Gasteiger charge is 2.35. The van der Waals surface area contributed by atoms with Crippen molar-refractivity contribution in [3.05, 3.63) is 35.0 Å². The van der Waals surface area contributed by atoms with Gasteiger partial charge in [0, 0.05) is 48.1 Å². The number of likely N-dealkylation sites (N-methyl/N-ethyl adjacent to an activating group) is 1. The molecule has 1 saturated heterocycles. The summed E-state index contributed by atoms with van der Waals surface area (Å²) in [6.07, 6.45) is 10.5. The number of nitrogens with zero attached hydrogens (tertiary/aromatic N) is 4. The topological polar surface area (TPSA) is 63.2 Å². The van der Waals surface area contributed by atoms with Crippen molar-refractivity contribution in [3.63, 3.8) is 0 Å². The van der Waals surface area contributed by atoms with Crippen LogP contribution in [0.2, 0.25) is 0 Å². The van der Waals surface area contributed by atoms with Crippen LogP contribution in [0.25, 0.3) is 21.6 Å². The first kappa shape index (κ1) is 19.8. The molecule has 0 amide bonds. The molecule has 1 aliphatic carbocycles. The number of thiophene rings is 1. The first-order chi connectivity index (χ1) is 14.7. The summed E-state index contributed by atoms with van der Waals surface area (Å²) in [7, 11) is 4.35. The van der Waals surface area contributed by atoms with Gasteiger partial charge in [-0.05, 0) is 70.3 Å². The van der Waals surface area contributed by atoms with Crippen molar-refractivity contribution in [3.8, 4) is 11.4 Å². The fraction of sp³-hybridized carbons (Fsp3) is 0.522. The number of aromatic nitrogens is 3. The maximum Gasteiger partial charge on any atom is 0.164 e. The number of aryl methyl sites for hydroxylation is 2. The van der Waals surface area contributed by atoms with Gasteiger partial charge in [0.2, 0.25) is 0 Å². The lowest BCUT2D eigenvalue weighted by Gasteiger charge is -2.43. The summed E-state index contributed by atoms with van der Waals surface area (Å²) >= 11 is 1.85. The van der Waals surface area contributed by atoms with E-state index < -0.39 is 0 Å². The van der Waals surface area contributed by atoms with Crippen LogP contribution in [0.3, 0.4) is 0 Å². The zero-order valence-electron chi connectivity index (χ0n) is 17.8. The molecule has 1 aliphatic heterocycles. The van der Waals surface area contributed by atoms with Crippen molar-refractivity contribution >= 4 is 27.4 Å². The van der Waals surface area contributed by atoms with Gasteiger partial charge in [0.25, 0.3) is 0 Å². The minimum absolute atomic E-state index is 0.0834. The summed E-state index contributed by atoms with van der Waals surface area (Å²) in [5, 5.41) is 5.00. The summed E-state index contributed by atoms with van der Waals surface area (Å²) in [4.78, 5) is 19.2. The molecular formula is C23H29N5OS. The molecule has 3 aromatic rings. The van der Waals surface area contributed by atoms with Crippen molar-refractivity contribution in [1.29, 1.82) is 0 Å². The lowest BCUT2D eigenvalue weighted by atomic mass is 9.88. The second-order valence-electron chi connectivity index (χ2n) is 8.61. The fourth-order valence-electron chi connectivity index (χ4n) is 4.69. The van der Waals surface area contributed by atoms with Gasteiger partial charge in [-0.25, -0.2) is 9.97 Å². The summed E-state index contributed by atoms with van der Waals surface area (Å²) in [6.45, 7) is 2.48. The van der Waals surface area contributed by atoms with Crippen molar-refractivity contribution in [1.82, 2.24) is 19.9 Å². The molecule has 0 bridgehead atoms. The monoisotopic (exact) mass is 423 g/mol. The molecule has 5 rings (SSSR count). The molecule has 0 aromatic carbocycles. The predicted molar refractivity (Wildman–Crippen MR) is 122 cm³/mol. The van der Waals surface area contributed by atoms with Gasteiger partial charge >= 0.3 is 0 Å². The Morgan fingerprint density at radius 3 is 2.77 bits per heavy atom. The third-order valence-corrected chi connectivity index (χ3v) is 7.88. The molecule has 2 aliphatic rings. The van der Waals surface area contributed by atoms with E-state index >= 15 is 0 Å². The quantitative estimate of drug-likeness (QED) is 0.665.